The molecule has 0 unspecified atom stereocenters. The maximum Gasteiger partial charge on any atom is 0.137 e. The van der Waals surface area contributed by atoms with Gasteiger partial charge in [0.25, 0.3) is 0 Å². The van der Waals surface area contributed by atoms with E-state index in [1.807, 2.05) is 0 Å². The molecule has 0 saturated heterocycles. The molecule has 0 amide bonds. The van der Waals surface area contributed by atoms with Crippen LogP contribution in [-0.4, -0.2) is 4.57 Å². The number of fused-ring (bicyclic) bond motifs is 18. The first kappa shape index (κ1) is 25.7. The zero-order valence-corrected chi connectivity index (χ0v) is 26.4. The van der Waals surface area contributed by atoms with Gasteiger partial charge in [-0.3, -0.25) is 0 Å². The number of nitrogens with zero attached hydrogens (tertiary/aromatic N) is 1. The van der Waals surface area contributed by atoms with E-state index in [0.717, 1.165) is 27.6 Å². The highest BCUT2D eigenvalue weighted by Gasteiger charge is 2.51. The van der Waals surface area contributed by atoms with Crippen LogP contribution in [0.4, 0.5) is 0 Å². The van der Waals surface area contributed by atoms with Crippen molar-refractivity contribution in [2.45, 2.75) is 5.41 Å². The van der Waals surface area contributed by atoms with Crippen LogP contribution in [0.2, 0.25) is 0 Å². The normalized spacial score (nSPS) is 13.9. The summed E-state index contributed by atoms with van der Waals surface area (Å²) in [6, 6.07) is 60.3. The van der Waals surface area contributed by atoms with Gasteiger partial charge in [0.05, 0.1) is 27.5 Å². The maximum absolute atomic E-state index is 6.87. The standard InChI is InChI=1S/C47H27NO/c1-2-13-29-28(12-1)24-25-42-45(29)33-17-6-10-21-40(33)48(42)41-22-11-23-43-46(41)35-26-34-32-16-5-9-20-38(32)47(39(34)27-44(35)49-43)36-18-7-3-14-30(36)31-15-4-8-19-37(31)47/h1-27H. The summed E-state index contributed by atoms with van der Waals surface area (Å²) in [5, 5.41) is 7.35. The lowest BCUT2D eigenvalue weighted by molar-refractivity contribution is 0.666. The summed E-state index contributed by atoms with van der Waals surface area (Å²) in [5.74, 6) is 0. The van der Waals surface area contributed by atoms with E-state index in [2.05, 4.69) is 168 Å². The van der Waals surface area contributed by atoms with Crippen molar-refractivity contribution in [1.82, 2.24) is 4.57 Å². The summed E-state index contributed by atoms with van der Waals surface area (Å²) in [6.45, 7) is 0. The fraction of sp³-hybridized carbons (Fsp3) is 0.0213. The molecule has 0 N–H and O–H groups in total. The van der Waals surface area contributed by atoms with Gasteiger partial charge in [-0.2, -0.15) is 0 Å². The molecule has 0 radical (unpaired) electrons. The Hall–Kier alpha value is -6.38. The van der Waals surface area contributed by atoms with Crippen molar-refractivity contribution in [3.8, 4) is 27.9 Å². The van der Waals surface area contributed by atoms with Gasteiger partial charge in [0.15, 0.2) is 0 Å². The summed E-state index contributed by atoms with van der Waals surface area (Å²) >= 11 is 0. The van der Waals surface area contributed by atoms with Gasteiger partial charge in [-0.25, -0.2) is 0 Å². The molecule has 12 rings (SSSR count). The SMILES string of the molecule is c1ccc2c(c1)-c1ccccc1C21c2ccccc2-c2cc3c(cc21)oc1cccc(-n2c4ccccc4c4c5ccccc5ccc42)c13. The third kappa shape index (κ3) is 3.00. The Labute approximate surface area is 282 Å². The van der Waals surface area contributed by atoms with Gasteiger partial charge in [-0.05, 0) is 91.7 Å². The minimum Gasteiger partial charge on any atom is -0.456 e. The Bertz CT molecular complexity index is 3020. The molecule has 0 atom stereocenters. The molecule has 10 aromatic rings. The molecule has 2 heteroatoms. The average molecular weight is 622 g/mol. The molecule has 2 nitrogen and oxygen atoms in total. The van der Waals surface area contributed by atoms with E-state index in [4.69, 9.17) is 4.42 Å². The molecule has 8 aromatic carbocycles. The van der Waals surface area contributed by atoms with Crippen LogP contribution in [0.1, 0.15) is 22.3 Å². The predicted molar refractivity (Wildman–Crippen MR) is 202 cm³/mol. The van der Waals surface area contributed by atoms with Crippen LogP contribution in [0, 0.1) is 0 Å². The van der Waals surface area contributed by atoms with Crippen LogP contribution < -0.4 is 0 Å². The Kier molecular flexibility index (Phi) is 4.69. The second kappa shape index (κ2) is 8.94. The van der Waals surface area contributed by atoms with Gasteiger partial charge in [0.2, 0.25) is 0 Å². The fourth-order valence-corrected chi connectivity index (χ4v) is 9.58. The molecule has 0 saturated carbocycles. The van der Waals surface area contributed by atoms with E-state index >= 15 is 0 Å². The van der Waals surface area contributed by atoms with E-state index in [1.165, 1.54) is 77.1 Å². The number of hydrogen-bond donors (Lipinski definition) is 0. The second-order valence-corrected chi connectivity index (χ2v) is 13.6. The monoisotopic (exact) mass is 621 g/mol. The first-order chi connectivity index (χ1) is 24.3. The van der Waals surface area contributed by atoms with Crippen molar-refractivity contribution in [3.05, 3.63) is 186 Å². The molecule has 2 aromatic heterocycles. The molecule has 1 spiro atoms. The third-order valence-electron chi connectivity index (χ3n) is 11.4. The van der Waals surface area contributed by atoms with Crippen LogP contribution in [0.15, 0.2) is 168 Å². The zero-order valence-electron chi connectivity index (χ0n) is 26.4. The smallest absolute Gasteiger partial charge is 0.137 e. The lowest BCUT2D eigenvalue weighted by atomic mass is 9.70. The van der Waals surface area contributed by atoms with Crippen molar-refractivity contribution < 1.29 is 4.42 Å². The second-order valence-electron chi connectivity index (χ2n) is 13.6. The number of rotatable bonds is 1. The number of para-hydroxylation sites is 1. The molecule has 0 bridgehead atoms. The number of furan rings is 1. The topological polar surface area (TPSA) is 18.1 Å². The van der Waals surface area contributed by atoms with E-state index in [-0.39, 0.29) is 0 Å². The number of aromatic nitrogens is 1. The summed E-state index contributed by atoms with van der Waals surface area (Å²) in [5.41, 5.74) is 15.5. The molecular formula is C47H27NO. The van der Waals surface area contributed by atoms with E-state index in [9.17, 15) is 0 Å². The van der Waals surface area contributed by atoms with Crippen molar-refractivity contribution in [3.63, 3.8) is 0 Å². The van der Waals surface area contributed by atoms with Gasteiger partial charge >= 0.3 is 0 Å². The highest BCUT2D eigenvalue weighted by Crippen LogP contribution is 2.63. The maximum atomic E-state index is 6.87. The molecule has 2 aliphatic carbocycles. The summed E-state index contributed by atoms with van der Waals surface area (Å²) in [4.78, 5) is 0. The van der Waals surface area contributed by atoms with Gasteiger partial charge in [-0.15, -0.1) is 0 Å². The van der Waals surface area contributed by atoms with Crippen molar-refractivity contribution >= 4 is 54.5 Å². The van der Waals surface area contributed by atoms with Crippen LogP contribution >= 0.6 is 0 Å². The molecule has 226 valence electrons. The first-order valence-corrected chi connectivity index (χ1v) is 17.0. The van der Waals surface area contributed by atoms with Gasteiger partial charge in [0.1, 0.15) is 11.2 Å². The van der Waals surface area contributed by atoms with E-state index < -0.39 is 5.41 Å². The fourth-order valence-electron chi connectivity index (χ4n) is 9.58. The Morgan fingerprint density at radius 3 is 1.78 bits per heavy atom. The minimum atomic E-state index is -0.400. The Morgan fingerprint density at radius 2 is 1.02 bits per heavy atom. The highest BCUT2D eigenvalue weighted by atomic mass is 16.3. The van der Waals surface area contributed by atoms with Crippen molar-refractivity contribution in [2.75, 3.05) is 0 Å². The highest BCUT2D eigenvalue weighted by molar-refractivity contribution is 6.22. The largest absolute Gasteiger partial charge is 0.456 e. The third-order valence-corrected chi connectivity index (χ3v) is 11.4. The Balaban J connectivity index is 1.21. The first-order valence-electron chi connectivity index (χ1n) is 17.0. The molecule has 49 heavy (non-hydrogen) atoms. The summed E-state index contributed by atoms with van der Waals surface area (Å²) in [7, 11) is 0. The molecule has 2 aliphatic rings. The number of benzene rings is 8. The van der Waals surface area contributed by atoms with Crippen molar-refractivity contribution in [1.29, 1.82) is 0 Å². The van der Waals surface area contributed by atoms with Gasteiger partial charge in [-0.1, -0.05) is 127 Å². The van der Waals surface area contributed by atoms with E-state index in [1.54, 1.807) is 0 Å². The summed E-state index contributed by atoms with van der Waals surface area (Å²) in [6.07, 6.45) is 0. The number of hydrogen-bond acceptors (Lipinski definition) is 1. The van der Waals surface area contributed by atoms with Gasteiger partial charge < -0.3 is 8.98 Å². The summed E-state index contributed by atoms with van der Waals surface area (Å²) < 4.78 is 9.32. The van der Waals surface area contributed by atoms with Crippen LogP contribution in [-0.2, 0) is 5.41 Å². The molecular weight excluding hydrogens is 595 g/mol. The molecule has 0 aliphatic heterocycles. The lowest BCUT2D eigenvalue weighted by Gasteiger charge is -2.30. The molecule has 0 fully saturated rings. The zero-order chi connectivity index (χ0) is 31.8. The van der Waals surface area contributed by atoms with Crippen molar-refractivity contribution in [2.24, 2.45) is 0 Å². The average Bonchev–Trinajstić information content (AvgIpc) is 3.87. The predicted octanol–water partition coefficient (Wildman–Crippen LogP) is 12.2. The van der Waals surface area contributed by atoms with Crippen LogP contribution in [0.5, 0.6) is 0 Å². The minimum absolute atomic E-state index is 0.400. The lowest BCUT2D eigenvalue weighted by Crippen LogP contribution is -2.25. The van der Waals surface area contributed by atoms with Crippen LogP contribution in [0.3, 0.4) is 0 Å². The van der Waals surface area contributed by atoms with Gasteiger partial charge in [0, 0.05) is 16.2 Å². The van der Waals surface area contributed by atoms with E-state index in [0.29, 0.717) is 0 Å². The Morgan fingerprint density at radius 1 is 0.388 bits per heavy atom. The van der Waals surface area contributed by atoms with Crippen LogP contribution in [0.25, 0.3) is 82.5 Å². The molecule has 2 heterocycles. The quantitative estimate of drug-likeness (QED) is 0.178.